The average Bonchev–Trinajstić information content (AvgIpc) is 2.40. The second kappa shape index (κ2) is 2.77. The highest BCUT2D eigenvalue weighted by Crippen LogP contribution is 2.34. The van der Waals surface area contributed by atoms with Gasteiger partial charge in [-0.1, -0.05) is 12.2 Å². The normalized spacial score (nSPS) is 36.8. The predicted molar refractivity (Wildman–Crippen MR) is 45.5 cm³/mol. The van der Waals surface area contributed by atoms with Crippen LogP contribution in [0.2, 0.25) is 0 Å². The van der Waals surface area contributed by atoms with Crippen LogP contribution in [0, 0.1) is 5.92 Å². The fourth-order valence-electron chi connectivity index (χ4n) is 1.93. The third-order valence-electron chi connectivity index (χ3n) is 2.56. The van der Waals surface area contributed by atoms with Gasteiger partial charge in [0.1, 0.15) is 6.10 Å². The summed E-state index contributed by atoms with van der Waals surface area (Å²) in [5, 5.41) is 0. The molecule has 1 heterocycles. The van der Waals surface area contributed by atoms with Crippen molar-refractivity contribution in [3.63, 3.8) is 0 Å². The van der Waals surface area contributed by atoms with Crippen molar-refractivity contribution < 1.29 is 9.53 Å². The summed E-state index contributed by atoms with van der Waals surface area (Å²) in [4.78, 5) is 11.2. The molecule has 1 aliphatic heterocycles. The number of carbonyl (C=O) groups excluding carboxylic acids is 1. The van der Waals surface area contributed by atoms with Crippen LogP contribution in [0.4, 0.5) is 0 Å². The van der Waals surface area contributed by atoms with E-state index < -0.39 is 0 Å². The summed E-state index contributed by atoms with van der Waals surface area (Å²) in [6.45, 7) is 1.90. The molecule has 64 valence electrons. The third kappa shape index (κ3) is 0.986. The number of rotatable bonds is 0. The van der Waals surface area contributed by atoms with Gasteiger partial charge in [0.2, 0.25) is 0 Å². The maximum atomic E-state index is 11.2. The van der Waals surface area contributed by atoms with Crippen LogP contribution < -0.4 is 0 Å². The smallest absolute Gasteiger partial charge is 0.334 e. The molecule has 0 aromatic heterocycles. The van der Waals surface area contributed by atoms with Gasteiger partial charge in [-0.05, 0) is 25.8 Å². The Labute approximate surface area is 71.9 Å². The van der Waals surface area contributed by atoms with Gasteiger partial charge in [-0.3, -0.25) is 0 Å². The molecule has 1 fully saturated rings. The minimum Gasteiger partial charge on any atom is -0.454 e. The van der Waals surface area contributed by atoms with Gasteiger partial charge in [0, 0.05) is 11.5 Å². The van der Waals surface area contributed by atoms with Crippen LogP contribution in [0.15, 0.2) is 23.8 Å². The van der Waals surface area contributed by atoms with Crippen LogP contribution in [-0.4, -0.2) is 12.1 Å². The fourth-order valence-corrected chi connectivity index (χ4v) is 1.93. The summed E-state index contributed by atoms with van der Waals surface area (Å²) in [5.41, 5.74) is 0.865. The zero-order valence-electron chi connectivity index (χ0n) is 7.12. The van der Waals surface area contributed by atoms with Crippen LogP contribution in [-0.2, 0) is 9.53 Å². The Morgan fingerprint density at radius 2 is 2.50 bits per heavy atom. The van der Waals surface area contributed by atoms with Crippen molar-refractivity contribution in [3.05, 3.63) is 23.8 Å². The molecular formula is C10H12O2. The molecule has 2 unspecified atom stereocenters. The fraction of sp³-hybridized carbons (Fsp3) is 0.500. The monoisotopic (exact) mass is 164 g/mol. The Hall–Kier alpha value is -1.05. The molecule has 0 bridgehead atoms. The van der Waals surface area contributed by atoms with Crippen LogP contribution in [0.1, 0.15) is 19.8 Å². The zero-order chi connectivity index (χ0) is 8.55. The Morgan fingerprint density at radius 1 is 1.67 bits per heavy atom. The van der Waals surface area contributed by atoms with Crippen molar-refractivity contribution in [3.8, 4) is 0 Å². The third-order valence-corrected chi connectivity index (χ3v) is 2.56. The van der Waals surface area contributed by atoms with E-state index in [1.165, 1.54) is 0 Å². The van der Waals surface area contributed by atoms with E-state index in [-0.39, 0.29) is 12.1 Å². The van der Waals surface area contributed by atoms with E-state index in [0.29, 0.717) is 5.92 Å². The minimum absolute atomic E-state index is 0.0254. The topological polar surface area (TPSA) is 26.3 Å². The highest BCUT2D eigenvalue weighted by Gasteiger charge is 2.38. The van der Waals surface area contributed by atoms with Crippen molar-refractivity contribution in [1.29, 1.82) is 0 Å². The van der Waals surface area contributed by atoms with Gasteiger partial charge < -0.3 is 4.74 Å². The number of ether oxygens (including phenoxy) is 1. The molecule has 0 saturated carbocycles. The van der Waals surface area contributed by atoms with E-state index in [1.54, 1.807) is 0 Å². The molecule has 2 rings (SSSR count). The van der Waals surface area contributed by atoms with E-state index in [4.69, 9.17) is 4.74 Å². The van der Waals surface area contributed by atoms with E-state index in [0.717, 1.165) is 18.4 Å². The highest BCUT2D eigenvalue weighted by atomic mass is 16.5. The van der Waals surface area contributed by atoms with Crippen LogP contribution in [0.5, 0.6) is 0 Å². The predicted octanol–water partition coefficient (Wildman–Crippen LogP) is 1.82. The van der Waals surface area contributed by atoms with E-state index in [2.05, 4.69) is 6.08 Å². The molecule has 12 heavy (non-hydrogen) atoms. The van der Waals surface area contributed by atoms with E-state index >= 15 is 0 Å². The molecule has 1 saturated heterocycles. The summed E-state index contributed by atoms with van der Waals surface area (Å²) < 4.78 is 5.17. The number of fused-ring (bicyclic) bond motifs is 1. The van der Waals surface area contributed by atoms with Gasteiger partial charge in [-0.15, -0.1) is 0 Å². The molecule has 0 amide bonds. The largest absolute Gasteiger partial charge is 0.454 e. The van der Waals surface area contributed by atoms with Gasteiger partial charge in [0.15, 0.2) is 0 Å². The lowest BCUT2D eigenvalue weighted by Gasteiger charge is -2.17. The molecule has 0 aromatic rings. The Bertz CT molecular complexity index is 263. The molecule has 1 aliphatic carbocycles. The molecule has 0 spiro atoms. The first-order valence-corrected chi connectivity index (χ1v) is 4.37. The summed E-state index contributed by atoms with van der Waals surface area (Å²) >= 11 is 0. The maximum Gasteiger partial charge on any atom is 0.334 e. The number of carbonyl (C=O) groups is 1. The number of hydrogen-bond acceptors (Lipinski definition) is 2. The molecule has 2 heteroatoms. The van der Waals surface area contributed by atoms with Crippen molar-refractivity contribution >= 4 is 5.97 Å². The van der Waals surface area contributed by atoms with Crippen molar-refractivity contribution in [2.45, 2.75) is 25.9 Å². The summed E-state index contributed by atoms with van der Waals surface area (Å²) in [6.07, 6.45) is 8.11. The molecule has 2 nitrogen and oxygen atoms in total. The number of allylic oxidation sites excluding steroid dienone is 2. The van der Waals surface area contributed by atoms with Crippen molar-refractivity contribution in [1.82, 2.24) is 0 Å². The SMILES string of the molecule is C/C=C1/C(=O)OC2C=CCCC12. The van der Waals surface area contributed by atoms with Crippen LogP contribution in [0.25, 0.3) is 0 Å². The van der Waals surface area contributed by atoms with E-state index in [1.807, 2.05) is 19.1 Å². The Morgan fingerprint density at radius 3 is 3.25 bits per heavy atom. The lowest BCUT2D eigenvalue weighted by molar-refractivity contribution is -0.137. The van der Waals surface area contributed by atoms with E-state index in [9.17, 15) is 4.79 Å². The summed E-state index contributed by atoms with van der Waals surface area (Å²) in [6, 6.07) is 0. The zero-order valence-corrected chi connectivity index (χ0v) is 7.12. The maximum absolute atomic E-state index is 11.2. The second-order valence-corrected chi connectivity index (χ2v) is 3.23. The van der Waals surface area contributed by atoms with Gasteiger partial charge in [0.25, 0.3) is 0 Å². The standard InChI is InChI=1S/C10H12O2/c1-2-7-8-5-3-4-6-9(8)12-10(7)11/h2,4,6,8-9H,3,5H2,1H3/b7-2+. The molecule has 0 radical (unpaired) electrons. The average molecular weight is 164 g/mol. The lowest BCUT2D eigenvalue weighted by atomic mass is 9.87. The minimum atomic E-state index is -0.126. The number of esters is 1. The summed E-state index contributed by atoms with van der Waals surface area (Å²) in [7, 11) is 0. The first-order valence-electron chi connectivity index (χ1n) is 4.37. The quantitative estimate of drug-likeness (QED) is 0.310. The van der Waals surface area contributed by atoms with Crippen LogP contribution in [0.3, 0.4) is 0 Å². The van der Waals surface area contributed by atoms with Crippen molar-refractivity contribution in [2.75, 3.05) is 0 Å². The van der Waals surface area contributed by atoms with Crippen LogP contribution >= 0.6 is 0 Å². The second-order valence-electron chi connectivity index (χ2n) is 3.23. The van der Waals surface area contributed by atoms with Gasteiger partial charge in [0.05, 0.1) is 0 Å². The molecule has 2 atom stereocenters. The van der Waals surface area contributed by atoms with Crippen molar-refractivity contribution in [2.24, 2.45) is 5.92 Å². The van der Waals surface area contributed by atoms with Gasteiger partial charge >= 0.3 is 5.97 Å². The molecule has 2 aliphatic rings. The Kier molecular flexibility index (Phi) is 1.75. The van der Waals surface area contributed by atoms with Gasteiger partial charge in [-0.2, -0.15) is 0 Å². The number of hydrogen-bond donors (Lipinski definition) is 0. The first kappa shape index (κ1) is 7.59. The summed E-state index contributed by atoms with van der Waals surface area (Å²) in [5.74, 6) is 0.201. The molecule has 0 aromatic carbocycles. The van der Waals surface area contributed by atoms with Gasteiger partial charge in [-0.25, -0.2) is 4.79 Å². The molecular weight excluding hydrogens is 152 g/mol. The first-order chi connectivity index (χ1) is 5.83. The Balaban J connectivity index is 2.30. The molecule has 0 N–H and O–H groups in total. The highest BCUT2D eigenvalue weighted by molar-refractivity contribution is 5.91. The lowest BCUT2D eigenvalue weighted by Crippen LogP contribution is -2.16.